The van der Waals surface area contributed by atoms with Gasteiger partial charge in [0.15, 0.2) is 0 Å². The quantitative estimate of drug-likeness (QED) is 0.596. The zero-order valence-electron chi connectivity index (χ0n) is 15.8. The maximum Gasteiger partial charge on any atom is 0.246 e. The molecule has 8 heteroatoms. The molecule has 0 aliphatic carbocycles. The summed E-state index contributed by atoms with van der Waals surface area (Å²) >= 11 is 1.79. The number of ether oxygens (including phenoxy) is 1. The number of fused-ring (bicyclic) bond motifs is 1. The van der Waals surface area contributed by atoms with Gasteiger partial charge in [-0.05, 0) is 42.0 Å². The number of nitrogens with zero attached hydrogens (tertiary/aromatic N) is 3. The second-order valence-electron chi connectivity index (χ2n) is 6.85. The zero-order chi connectivity index (χ0) is 19.7. The van der Waals surface area contributed by atoms with Crippen molar-refractivity contribution in [2.45, 2.75) is 24.7 Å². The number of benzene rings is 1. The Morgan fingerprint density at radius 3 is 2.68 bits per heavy atom. The maximum atomic E-state index is 11.6. The van der Waals surface area contributed by atoms with Crippen molar-refractivity contribution in [1.29, 1.82) is 0 Å². The van der Waals surface area contributed by atoms with Gasteiger partial charge in [-0.25, -0.2) is 18.4 Å². The van der Waals surface area contributed by atoms with E-state index in [0.717, 1.165) is 49.3 Å². The minimum atomic E-state index is -3.37. The lowest BCUT2D eigenvalue weighted by atomic mass is 10.1. The molecule has 0 fully saturated rings. The molecule has 0 radical (unpaired) electrons. The summed E-state index contributed by atoms with van der Waals surface area (Å²) in [6.07, 6.45) is 3.53. The minimum absolute atomic E-state index is 0.0814. The molecule has 3 aromatic rings. The summed E-state index contributed by atoms with van der Waals surface area (Å²) in [7, 11) is -1.70. The van der Waals surface area contributed by atoms with Crippen molar-refractivity contribution in [3.8, 4) is 16.2 Å². The number of rotatable bonds is 5. The molecule has 0 atom stereocenters. The Morgan fingerprint density at radius 1 is 1.18 bits per heavy atom. The molecule has 0 bridgehead atoms. The molecule has 4 rings (SSSR count). The third-order valence-electron chi connectivity index (χ3n) is 4.74. The average Bonchev–Trinajstić information content (AvgIpc) is 3.15. The van der Waals surface area contributed by atoms with Gasteiger partial charge >= 0.3 is 0 Å². The number of hydrogen-bond donors (Lipinski definition) is 0. The zero-order valence-corrected chi connectivity index (χ0v) is 17.4. The summed E-state index contributed by atoms with van der Waals surface area (Å²) in [6.45, 7) is 2.44. The molecule has 146 valence electrons. The van der Waals surface area contributed by atoms with Crippen molar-refractivity contribution in [3.63, 3.8) is 0 Å². The molecule has 0 amide bonds. The van der Waals surface area contributed by atoms with E-state index in [1.165, 1.54) is 15.3 Å². The molecule has 2 aromatic heterocycles. The predicted octanol–water partition coefficient (Wildman–Crippen LogP) is 3.18. The van der Waals surface area contributed by atoms with Crippen molar-refractivity contribution in [2.24, 2.45) is 0 Å². The second-order valence-corrected chi connectivity index (χ2v) is 9.93. The Labute approximate surface area is 168 Å². The van der Waals surface area contributed by atoms with Crippen LogP contribution in [-0.2, 0) is 29.3 Å². The molecule has 0 unspecified atom stereocenters. The first-order valence-corrected chi connectivity index (χ1v) is 11.6. The minimum Gasteiger partial charge on any atom is -0.497 e. The average molecular weight is 416 g/mol. The van der Waals surface area contributed by atoms with Crippen LogP contribution < -0.4 is 4.74 Å². The van der Waals surface area contributed by atoms with Gasteiger partial charge in [0, 0.05) is 53.8 Å². The van der Waals surface area contributed by atoms with Gasteiger partial charge in [-0.2, -0.15) is 0 Å². The van der Waals surface area contributed by atoms with Crippen molar-refractivity contribution in [1.82, 2.24) is 14.9 Å². The Morgan fingerprint density at radius 2 is 1.96 bits per heavy atom. The molecule has 6 nitrogen and oxygen atoms in total. The van der Waals surface area contributed by atoms with Crippen LogP contribution in [0.3, 0.4) is 0 Å². The fraction of sp³-hybridized carbons (Fsp3) is 0.300. The normalized spacial score (nSPS) is 14.6. The summed E-state index contributed by atoms with van der Waals surface area (Å²) < 4.78 is 28.5. The van der Waals surface area contributed by atoms with Crippen LogP contribution in [0.5, 0.6) is 5.75 Å². The monoisotopic (exact) mass is 415 g/mol. The lowest BCUT2D eigenvalue weighted by Crippen LogP contribution is -2.31. The van der Waals surface area contributed by atoms with E-state index in [1.54, 1.807) is 24.6 Å². The van der Waals surface area contributed by atoms with Gasteiger partial charge < -0.3 is 4.74 Å². The lowest BCUT2D eigenvalue weighted by Gasteiger charge is -2.27. The van der Waals surface area contributed by atoms with Gasteiger partial charge in [0.1, 0.15) is 5.75 Å². The fourth-order valence-corrected chi connectivity index (χ4v) is 4.84. The third kappa shape index (κ3) is 4.09. The predicted molar refractivity (Wildman–Crippen MR) is 109 cm³/mol. The van der Waals surface area contributed by atoms with Crippen molar-refractivity contribution in [3.05, 3.63) is 58.7 Å². The van der Waals surface area contributed by atoms with Crippen LogP contribution in [0, 0.1) is 0 Å². The van der Waals surface area contributed by atoms with E-state index in [0.29, 0.717) is 0 Å². The van der Waals surface area contributed by atoms with Crippen molar-refractivity contribution < 1.29 is 13.2 Å². The van der Waals surface area contributed by atoms with E-state index in [1.807, 2.05) is 12.1 Å². The first kappa shape index (κ1) is 19.0. The van der Waals surface area contributed by atoms with E-state index in [4.69, 9.17) is 4.74 Å². The van der Waals surface area contributed by atoms with Gasteiger partial charge in [-0.3, -0.25) is 4.90 Å². The smallest absolute Gasteiger partial charge is 0.246 e. The number of hydrogen-bond acceptors (Lipinski definition) is 7. The van der Waals surface area contributed by atoms with Crippen LogP contribution in [0.4, 0.5) is 0 Å². The molecule has 0 N–H and O–H groups in total. The molecule has 1 aliphatic heterocycles. The topological polar surface area (TPSA) is 72.4 Å². The fourth-order valence-electron chi connectivity index (χ4n) is 3.26. The number of thiophene rings is 1. The van der Waals surface area contributed by atoms with E-state index in [-0.39, 0.29) is 5.16 Å². The maximum absolute atomic E-state index is 11.6. The van der Waals surface area contributed by atoms with Gasteiger partial charge in [0.2, 0.25) is 15.0 Å². The molecule has 0 saturated carbocycles. The van der Waals surface area contributed by atoms with Crippen LogP contribution in [0.1, 0.15) is 16.1 Å². The van der Waals surface area contributed by atoms with Crippen LogP contribution >= 0.6 is 11.3 Å². The second kappa shape index (κ2) is 7.62. The van der Waals surface area contributed by atoms with E-state index in [2.05, 4.69) is 39.1 Å². The van der Waals surface area contributed by atoms with Gasteiger partial charge in [0.05, 0.1) is 12.8 Å². The first-order valence-electron chi connectivity index (χ1n) is 8.93. The molecule has 3 heterocycles. The van der Waals surface area contributed by atoms with E-state index in [9.17, 15) is 8.42 Å². The Balaban J connectivity index is 1.45. The highest BCUT2D eigenvalue weighted by Gasteiger charge is 2.21. The van der Waals surface area contributed by atoms with Crippen LogP contribution in [0.15, 0.2) is 47.8 Å². The Kier molecular flexibility index (Phi) is 5.18. The van der Waals surface area contributed by atoms with Crippen molar-refractivity contribution >= 4 is 21.2 Å². The lowest BCUT2D eigenvalue weighted by molar-refractivity contribution is 0.244. The van der Waals surface area contributed by atoms with E-state index < -0.39 is 9.84 Å². The largest absolute Gasteiger partial charge is 0.497 e. The van der Waals surface area contributed by atoms with Gasteiger partial charge in [-0.1, -0.05) is 0 Å². The number of aromatic nitrogens is 2. The molecule has 28 heavy (non-hydrogen) atoms. The van der Waals surface area contributed by atoms with Crippen LogP contribution in [-0.4, -0.2) is 43.2 Å². The molecular formula is C20H21N3O3S2. The van der Waals surface area contributed by atoms with Crippen molar-refractivity contribution in [2.75, 3.05) is 19.9 Å². The number of sulfone groups is 1. The van der Waals surface area contributed by atoms with Crippen LogP contribution in [0.25, 0.3) is 10.4 Å². The molecule has 0 saturated heterocycles. The summed E-state index contributed by atoms with van der Waals surface area (Å²) in [5, 5.41) is -0.0814. The number of methoxy groups -OCH3 is 1. The summed E-state index contributed by atoms with van der Waals surface area (Å²) in [6, 6.07) is 12.4. The Bertz CT molecular complexity index is 1090. The molecule has 1 aliphatic rings. The molecular weight excluding hydrogens is 394 g/mol. The SMILES string of the molecule is COc1ccc(-c2ccc(CN3CCc4nc(S(C)(=O)=O)ncc4C3)s2)cc1. The third-order valence-corrected chi connectivity index (χ3v) is 6.72. The van der Waals surface area contributed by atoms with Gasteiger partial charge in [-0.15, -0.1) is 11.3 Å². The summed E-state index contributed by atoms with van der Waals surface area (Å²) in [5.41, 5.74) is 3.03. The Hall–Kier alpha value is -2.29. The van der Waals surface area contributed by atoms with Gasteiger partial charge in [0.25, 0.3) is 0 Å². The molecule has 1 aromatic carbocycles. The first-order chi connectivity index (χ1) is 13.4. The standard InChI is InChI=1S/C20H21N3O3S2/c1-26-16-5-3-14(4-6-16)19-8-7-17(27-19)13-23-10-9-18-15(12-23)11-21-20(22-18)28(2,24)25/h3-8,11H,9-10,12-13H2,1-2H3. The summed E-state index contributed by atoms with van der Waals surface area (Å²) in [5.74, 6) is 0.855. The highest BCUT2D eigenvalue weighted by molar-refractivity contribution is 7.90. The van der Waals surface area contributed by atoms with E-state index >= 15 is 0 Å². The highest BCUT2D eigenvalue weighted by Crippen LogP contribution is 2.31. The highest BCUT2D eigenvalue weighted by atomic mass is 32.2. The van der Waals surface area contributed by atoms with Crippen LogP contribution in [0.2, 0.25) is 0 Å². The summed E-state index contributed by atoms with van der Waals surface area (Å²) in [4.78, 5) is 13.1. The molecule has 0 spiro atoms.